The molecular weight excluding hydrogens is 184 g/mol. The van der Waals surface area contributed by atoms with Crippen molar-refractivity contribution in [2.45, 2.75) is 6.92 Å². The predicted molar refractivity (Wildman–Crippen MR) is 56.4 cm³/mol. The van der Waals surface area contributed by atoms with E-state index in [4.69, 9.17) is 5.73 Å². The molecule has 0 bridgehead atoms. The summed E-state index contributed by atoms with van der Waals surface area (Å²) in [5, 5.41) is 4.13. The first-order valence-corrected chi connectivity index (χ1v) is 4.11. The molecule has 0 aliphatic carbocycles. The SMILES string of the molecule is CC(=NNC(N)=S)c1ccncc1. The van der Waals surface area contributed by atoms with E-state index in [1.165, 1.54) is 0 Å². The van der Waals surface area contributed by atoms with Gasteiger partial charge in [-0.05, 0) is 31.3 Å². The number of nitrogens with one attached hydrogen (secondary N) is 1. The Balaban J connectivity index is 2.73. The predicted octanol–water partition coefficient (Wildman–Crippen LogP) is 0.639. The number of hydrogen-bond acceptors (Lipinski definition) is 3. The molecule has 0 aliphatic rings. The van der Waals surface area contributed by atoms with Gasteiger partial charge in [0.2, 0.25) is 0 Å². The van der Waals surface area contributed by atoms with Crippen LogP contribution in [0.3, 0.4) is 0 Å². The Kier molecular flexibility index (Phi) is 3.33. The minimum Gasteiger partial charge on any atom is -0.375 e. The number of hydrogen-bond donors (Lipinski definition) is 2. The molecular formula is C8H10N4S. The summed E-state index contributed by atoms with van der Waals surface area (Å²) < 4.78 is 0. The molecule has 68 valence electrons. The summed E-state index contributed by atoms with van der Waals surface area (Å²) in [6.07, 6.45) is 3.41. The Morgan fingerprint density at radius 3 is 2.69 bits per heavy atom. The van der Waals surface area contributed by atoms with E-state index < -0.39 is 0 Å². The first-order valence-electron chi connectivity index (χ1n) is 3.70. The number of nitrogens with zero attached hydrogens (tertiary/aromatic N) is 2. The third-order valence-electron chi connectivity index (χ3n) is 1.43. The summed E-state index contributed by atoms with van der Waals surface area (Å²) >= 11 is 4.61. The number of hydrazone groups is 1. The van der Waals surface area contributed by atoms with E-state index >= 15 is 0 Å². The van der Waals surface area contributed by atoms with Crippen LogP contribution < -0.4 is 11.2 Å². The number of rotatable bonds is 2. The van der Waals surface area contributed by atoms with Gasteiger partial charge in [0, 0.05) is 18.0 Å². The average molecular weight is 194 g/mol. The molecule has 5 heteroatoms. The lowest BCUT2D eigenvalue weighted by Crippen LogP contribution is -2.25. The summed E-state index contributed by atoms with van der Waals surface area (Å²) in [6, 6.07) is 3.72. The second kappa shape index (κ2) is 4.51. The van der Waals surface area contributed by atoms with E-state index in [0.717, 1.165) is 11.3 Å². The second-order valence-corrected chi connectivity index (χ2v) is 2.85. The standard InChI is InChI=1S/C8H10N4S/c1-6(11-12-8(9)13)7-2-4-10-5-3-7/h2-5H,1H3,(H3,9,12,13). The van der Waals surface area contributed by atoms with E-state index in [1.807, 2.05) is 19.1 Å². The molecule has 0 aliphatic heterocycles. The van der Waals surface area contributed by atoms with Crippen LogP contribution in [-0.2, 0) is 0 Å². The lowest BCUT2D eigenvalue weighted by atomic mass is 10.2. The van der Waals surface area contributed by atoms with Crippen molar-refractivity contribution in [3.8, 4) is 0 Å². The van der Waals surface area contributed by atoms with E-state index in [9.17, 15) is 0 Å². The van der Waals surface area contributed by atoms with Crippen molar-refractivity contribution in [1.82, 2.24) is 10.4 Å². The third kappa shape index (κ3) is 3.16. The molecule has 3 N–H and O–H groups in total. The molecule has 1 aromatic heterocycles. The minimum atomic E-state index is 0.161. The van der Waals surface area contributed by atoms with Gasteiger partial charge < -0.3 is 5.73 Å². The van der Waals surface area contributed by atoms with Gasteiger partial charge in [-0.3, -0.25) is 10.4 Å². The molecule has 0 saturated carbocycles. The number of nitrogens with two attached hydrogens (primary N) is 1. The summed E-state index contributed by atoms with van der Waals surface area (Å²) in [7, 11) is 0. The fourth-order valence-corrected chi connectivity index (χ4v) is 0.842. The van der Waals surface area contributed by atoms with Crippen LogP contribution in [0, 0.1) is 0 Å². The first kappa shape index (κ1) is 9.60. The van der Waals surface area contributed by atoms with E-state index in [2.05, 4.69) is 27.7 Å². The van der Waals surface area contributed by atoms with Crippen LogP contribution in [-0.4, -0.2) is 15.8 Å². The monoisotopic (exact) mass is 194 g/mol. The van der Waals surface area contributed by atoms with Gasteiger partial charge in [-0.1, -0.05) is 0 Å². The Hall–Kier alpha value is -1.49. The zero-order valence-corrected chi connectivity index (χ0v) is 8.01. The number of thiocarbonyl (C=S) groups is 1. The molecule has 13 heavy (non-hydrogen) atoms. The van der Waals surface area contributed by atoms with Crippen LogP contribution in [0.25, 0.3) is 0 Å². The molecule has 0 fully saturated rings. The minimum absolute atomic E-state index is 0.161. The molecule has 0 aromatic carbocycles. The zero-order chi connectivity index (χ0) is 9.68. The van der Waals surface area contributed by atoms with E-state index in [0.29, 0.717) is 0 Å². The van der Waals surface area contributed by atoms with Crippen molar-refractivity contribution in [2.75, 3.05) is 0 Å². The Bertz CT molecular complexity index is 320. The van der Waals surface area contributed by atoms with Crippen molar-refractivity contribution in [1.29, 1.82) is 0 Å². The smallest absolute Gasteiger partial charge is 0.184 e. The highest BCUT2D eigenvalue weighted by Crippen LogP contribution is 1.97. The molecule has 0 amide bonds. The highest BCUT2D eigenvalue weighted by atomic mass is 32.1. The van der Waals surface area contributed by atoms with E-state index in [1.54, 1.807) is 12.4 Å². The van der Waals surface area contributed by atoms with Gasteiger partial charge >= 0.3 is 0 Å². The lowest BCUT2D eigenvalue weighted by Gasteiger charge is -2.00. The van der Waals surface area contributed by atoms with Crippen LogP contribution >= 0.6 is 12.2 Å². The summed E-state index contributed by atoms with van der Waals surface area (Å²) in [4.78, 5) is 3.90. The van der Waals surface area contributed by atoms with Gasteiger partial charge in [0.05, 0.1) is 5.71 Å². The summed E-state index contributed by atoms with van der Waals surface area (Å²) in [6.45, 7) is 1.86. The van der Waals surface area contributed by atoms with Crippen LogP contribution in [0.1, 0.15) is 12.5 Å². The van der Waals surface area contributed by atoms with Crippen LogP contribution in [0.2, 0.25) is 0 Å². The van der Waals surface area contributed by atoms with Crippen molar-refractivity contribution >= 4 is 23.0 Å². The molecule has 1 rings (SSSR count). The van der Waals surface area contributed by atoms with Gasteiger partial charge in [0.25, 0.3) is 0 Å². The largest absolute Gasteiger partial charge is 0.375 e. The Labute approximate surface area is 81.9 Å². The van der Waals surface area contributed by atoms with Gasteiger partial charge in [-0.25, -0.2) is 0 Å². The number of pyridine rings is 1. The highest BCUT2D eigenvalue weighted by Gasteiger charge is 1.94. The molecule has 0 radical (unpaired) electrons. The fraction of sp³-hybridized carbons (Fsp3) is 0.125. The zero-order valence-electron chi connectivity index (χ0n) is 7.19. The van der Waals surface area contributed by atoms with Gasteiger partial charge in [-0.2, -0.15) is 5.10 Å². The van der Waals surface area contributed by atoms with Crippen LogP contribution in [0.15, 0.2) is 29.6 Å². The topological polar surface area (TPSA) is 63.3 Å². The molecule has 0 spiro atoms. The molecule has 4 nitrogen and oxygen atoms in total. The van der Waals surface area contributed by atoms with Crippen LogP contribution in [0.4, 0.5) is 0 Å². The molecule has 0 unspecified atom stereocenters. The van der Waals surface area contributed by atoms with Gasteiger partial charge in [-0.15, -0.1) is 0 Å². The Morgan fingerprint density at radius 1 is 1.54 bits per heavy atom. The lowest BCUT2D eigenvalue weighted by molar-refractivity contribution is 1.03. The third-order valence-corrected chi connectivity index (χ3v) is 1.52. The van der Waals surface area contributed by atoms with Crippen LogP contribution in [0.5, 0.6) is 0 Å². The Morgan fingerprint density at radius 2 is 2.15 bits per heavy atom. The second-order valence-electron chi connectivity index (χ2n) is 2.41. The van der Waals surface area contributed by atoms with Crippen molar-refractivity contribution in [2.24, 2.45) is 10.8 Å². The number of aromatic nitrogens is 1. The van der Waals surface area contributed by atoms with E-state index in [-0.39, 0.29) is 5.11 Å². The maximum atomic E-state index is 5.22. The molecule has 0 saturated heterocycles. The van der Waals surface area contributed by atoms with Gasteiger partial charge in [0.15, 0.2) is 5.11 Å². The summed E-state index contributed by atoms with van der Waals surface area (Å²) in [5.74, 6) is 0. The molecule has 0 atom stereocenters. The maximum absolute atomic E-state index is 5.22. The summed E-state index contributed by atoms with van der Waals surface area (Å²) in [5.41, 5.74) is 9.54. The molecule has 1 aromatic rings. The maximum Gasteiger partial charge on any atom is 0.184 e. The highest BCUT2D eigenvalue weighted by molar-refractivity contribution is 7.80. The first-order chi connectivity index (χ1) is 6.20. The van der Waals surface area contributed by atoms with Crippen molar-refractivity contribution in [3.05, 3.63) is 30.1 Å². The fourth-order valence-electron chi connectivity index (χ4n) is 0.797. The quantitative estimate of drug-likeness (QED) is 0.412. The average Bonchev–Trinajstić information content (AvgIpc) is 2.15. The van der Waals surface area contributed by atoms with Gasteiger partial charge in [0.1, 0.15) is 0 Å². The van der Waals surface area contributed by atoms with Crippen molar-refractivity contribution in [3.63, 3.8) is 0 Å². The molecule has 1 heterocycles. The normalized spacial score (nSPS) is 11.0. The van der Waals surface area contributed by atoms with Crippen molar-refractivity contribution < 1.29 is 0 Å².